The molecular formula is C19H16O4. The number of phenols is 1. The van der Waals surface area contributed by atoms with E-state index in [2.05, 4.69) is 0 Å². The van der Waals surface area contributed by atoms with Gasteiger partial charge in [-0.3, -0.25) is 0 Å². The Morgan fingerprint density at radius 1 is 1.17 bits per heavy atom. The zero-order valence-corrected chi connectivity index (χ0v) is 12.7. The van der Waals surface area contributed by atoms with Crippen LogP contribution in [0.2, 0.25) is 0 Å². The maximum Gasteiger partial charge on any atom is 0.339 e. The number of carbonyl (C=O) groups is 1. The van der Waals surface area contributed by atoms with E-state index in [1.807, 2.05) is 30.3 Å². The van der Waals surface area contributed by atoms with E-state index in [1.54, 1.807) is 30.4 Å². The lowest BCUT2D eigenvalue weighted by Crippen LogP contribution is -2.01. The second-order valence-corrected chi connectivity index (χ2v) is 5.20. The summed E-state index contributed by atoms with van der Waals surface area (Å²) in [6.45, 7) is 0. The largest absolute Gasteiger partial charge is 0.504 e. The predicted molar refractivity (Wildman–Crippen MR) is 87.0 cm³/mol. The molecule has 116 valence electrons. The van der Waals surface area contributed by atoms with Crippen molar-refractivity contribution < 1.29 is 19.4 Å². The van der Waals surface area contributed by atoms with Gasteiger partial charge in [0.05, 0.1) is 7.11 Å². The van der Waals surface area contributed by atoms with Gasteiger partial charge in [0.15, 0.2) is 11.5 Å². The van der Waals surface area contributed by atoms with E-state index in [-0.39, 0.29) is 11.7 Å². The topological polar surface area (TPSA) is 55.8 Å². The van der Waals surface area contributed by atoms with Crippen molar-refractivity contribution in [2.24, 2.45) is 0 Å². The molecule has 1 N–H and O–H groups in total. The molecule has 3 rings (SSSR count). The van der Waals surface area contributed by atoms with Crippen molar-refractivity contribution in [3.8, 4) is 11.5 Å². The van der Waals surface area contributed by atoms with Crippen LogP contribution in [0.1, 0.15) is 11.1 Å². The Kier molecular flexibility index (Phi) is 4.15. The number of rotatable bonds is 4. The Bertz CT molecular complexity index is 788. The first-order valence-electron chi connectivity index (χ1n) is 7.21. The van der Waals surface area contributed by atoms with Gasteiger partial charge in [0.25, 0.3) is 0 Å². The number of hydrogen-bond acceptors (Lipinski definition) is 4. The van der Waals surface area contributed by atoms with Crippen LogP contribution < -0.4 is 4.74 Å². The quantitative estimate of drug-likeness (QED) is 0.879. The van der Waals surface area contributed by atoms with Crippen molar-refractivity contribution in [2.45, 2.75) is 6.42 Å². The molecule has 1 aliphatic heterocycles. The number of benzene rings is 2. The second-order valence-electron chi connectivity index (χ2n) is 5.20. The van der Waals surface area contributed by atoms with E-state index in [9.17, 15) is 9.90 Å². The fourth-order valence-corrected chi connectivity index (χ4v) is 2.40. The number of allylic oxidation sites excluding steroid dienone is 1. The van der Waals surface area contributed by atoms with Gasteiger partial charge in [0.2, 0.25) is 0 Å². The summed E-state index contributed by atoms with van der Waals surface area (Å²) in [5.74, 6) is 0.568. The third-order valence-corrected chi connectivity index (χ3v) is 3.54. The number of methoxy groups -OCH3 is 1. The molecule has 0 saturated heterocycles. The monoisotopic (exact) mass is 308 g/mol. The molecule has 0 saturated carbocycles. The molecule has 0 bridgehead atoms. The lowest BCUT2D eigenvalue weighted by molar-refractivity contribution is -0.133. The summed E-state index contributed by atoms with van der Waals surface area (Å²) in [5, 5.41) is 9.79. The Balaban J connectivity index is 1.81. The fourth-order valence-electron chi connectivity index (χ4n) is 2.40. The van der Waals surface area contributed by atoms with Crippen LogP contribution in [0, 0.1) is 0 Å². The number of cyclic esters (lactones) is 1. The molecule has 1 heterocycles. The molecule has 0 aromatic heterocycles. The minimum atomic E-state index is -0.335. The number of phenolic OH excluding ortho intramolecular Hbond substituents is 1. The van der Waals surface area contributed by atoms with Crippen LogP contribution in [-0.4, -0.2) is 18.2 Å². The zero-order chi connectivity index (χ0) is 16.2. The van der Waals surface area contributed by atoms with E-state index >= 15 is 0 Å². The van der Waals surface area contributed by atoms with Crippen LogP contribution >= 0.6 is 0 Å². The van der Waals surface area contributed by atoms with Crippen molar-refractivity contribution in [1.82, 2.24) is 0 Å². The standard InChI is InChI=1S/C19H16O4/c1-22-18-8-7-14(11-17(18)20)10-16-12-15(19(21)23-16)9-13-5-3-2-4-6-13/h2-8,10-12,20H,9H2,1H3/b16-10-. The molecule has 1 aliphatic rings. The van der Waals surface area contributed by atoms with E-state index in [0.717, 1.165) is 11.1 Å². The summed E-state index contributed by atoms with van der Waals surface area (Å²) in [6.07, 6.45) is 3.97. The molecule has 0 amide bonds. The molecule has 0 atom stereocenters. The molecule has 0 fully saturated rings. The maximum absolute atomic E-state index is 11.9. The summed E-state index contributed by atoms with van der Waals surface area (Å²) in [6, 6.07) is 14.7. The van der Waals surface area contributed by atoms with Gasteiger partial charge in [0.1, 0.15) is 5.76 Å². The van der Waals surface area contributed by atoms with Crippen molar-refractivity contribution >= 4 is 12.0 Å². The number of esters is 1. The molecule has 2 aromatic rings. The highest BCUT2D eigenvalue weighted by atomic mass is 16.5. The van der Waals surface area contributed by atoms with Gasteiger partial charge in [-0.25, -0.2) is 4.79 Å². The van der Waals surface area contributed by atoms with Crippen LogP contribution in [0.25, 0.3) is 6.08 Å². The average molecular weight is 308 g/mol. The first-order valence-corrected chi connectivity index (χ1v) is 7.21. The molecule has 23 heavy (non-hydrogen) atoms. The normalized spacial score (nSPS) is 15.4. The van der Waals surface area contributed by atoms with E-state index in [0.29, 0.717) is 23.5 Å². The van der Waals surface area contributed by atoms with Gasteiger partial charge >= 0.3 is 5.97 Å². The molecule has 0 radical (unpaired) electrons. The van der Waals surface area contributed by atoms with Crippen molar-refractivity contribution in [3.05, 3.63) is 77.1 Å². The van der Waals surface area contributed by atoms with Crippen LogP contribution in [0.3, 0.4) is 0 Å². The number of carbonyl (C=O) groups excluding carboxylic acids is 1. The van der Waals surface area contributed by atoms with Gasteiger partial charge in [-0.05, 0) is 35.4 Å². The third-order valence-electron chi connectivity index (χ3n) is 3.54. The first-order chi connectivity index (χ1) is 11.2. The van der Waals surface area contributed by atoms with Gasteiger partial charge in [-0.15, -0.1) is 0 Å². The highest BCUT2D eigenvalue weighted by Gasteiger charge is 2.21. The smallest absolute Gasteiger partial charge is 0.339 e. The molecule has 4 heteroatoms. The summed E-state index contributed by atoms with van der Waals surface area (Å²) in [4.78, 5) is 11.9. The lowest BCUT2D eigenvalue weighted by Gasteiger charge is -2.03. The van der Waals surface area contributed by atoms with E-state index in [4.69, 9.17) is 9.47 Å². The maximum atomic E-state index is 11.9. The fraction of sp³-hybridized carbons (Fsp3) is 0.105. The lowest BCUT2D eigenvalue weighted by atomic mass is 10.1. The minimum Gasteiger partial charge on any atom is -0.504 e. The Morgan fingerprint density at radius 2 is 1.96 bits per heavy atom. The highest BCUT2D eigenvalue weighted by molar-refractivity contribution is 5.94. The molecule has 0 aliphatic carbocycles. The average Bonchev–Trinajstić information content (AvgIpc) is 2.88. The molecule has 4 nitrogen and oxygen atoms in total. The molecule has 0 spiro atoms. The van der Waals surface area contributed by atoms with Crippen molar-refractivity contribution in [1.29, 1.82) is 0 Å². The molecule has 2 aromatic carbocycles. The third kappa shape index (κ3) is 3.43. The minimum absolute atomic E-state index is 0.0414. The predicted octanol–water partition coefficient (Wildman–Crippen LogP) is 3.47. The highest BCUT2D eigenvalue weighted by Crippen LogP contribution is 2.29. The Morgan fingerprint density at radius 3 is 2.65 bits per heavy atom. The van der Waals surface area contributed by atoms with Crippen LogP contribution in [0.5, 0.6) is 11.5 Å². The summed E-state index contributed by atoms with van der Waals surface area (Å²) >= 11 is 0. The van der Waals surface area contributed by atoms with Gasteiger partial charge in [-0.1, -0.05) is 36.4 Å². The molecule has 0 unspecified atom stereocenters. The Labute approximate surface area is 134 Å². The summed E-state index contributed by atoms with van der Waals surface area (Å²) in [5.41, 5.74) is 2.39. The summed E-state index contributed by atoms with van der Waals surface area (Å²) < 4.78 is 10.3. The van der Waals surface area contributed by atoms with Gasteiger partial charge in [0, 0.05) is 12.0 Å². The van der Waals surface area contributed by atoms with Gasteiger partial charge in [-0.2, -0.15) is 0 Å². The first kappa shape index (κ1) is 14.9. The van der Waals surface area contributed by atoms with Crippen molar-refractivity contribution in [3.63, 3.8) is 0 Å². The van der Waals surface area contributed by atoms with Crippen LogP contribution in [-0.2, 0) is 16.0 Å². The zero-order valence-electron chi connectivity index (χ0n) is 12.7. The van der Waals surface area contributed by atoms with Crippen LogP contribution in [0.4, 0.5) is 0 Å². The number of hydrogen-bond donors (Lipinski definition) is 1. The van der Waals surface area contributed by atoms with Crippen molar-refractivity contribution in [2.75, 3.05) is 7.11 Å². The SMILES string of the molecule is COc1ccc(/C=C2/C=C(Cc3ccccc3)C(=O)O2)cc1O. The summed E-state index contributed by atoms with van der Waals surface area (Å²) in [7, 11) is 1.49. The number of aromatic hydroxyl groups is 1. The van der Waals surface area contributed by atoms with Crippen LogP contribution in [0.15, 0.2) is 65.9 Å². The van der Waals surface area contributed by atoms with Gasteiger partial charge < -0.3 is 14.6 Å². The second kappa shape index (κ2) is 6.40. The van der Waals surface area contributed by atoms with E-state index in [1.165, 1.54) is 7.11 Å². The Hall–Kier alpha value is -3.01. The van der Waals surface area contributed by atoms with E-state index < -0.39 is 0 Å². The molecular weight excluding hydrogens is 292 g/mol. The number of ether oxygens (including phenoxy) is 2.